The van der Waals surface area contributed by atoms with Crippen molar-refractivity contribution in [2.24, 2.45) is 5.92 Å². The lowest BCUT2D eigenvalue weighted by molar-refractivity contribution is 0.584. The Hall–Kier alpha value is -1.37. The second kappa shape index (κ2) is 9.20. The summed E-state index contributed by atoms with van der Waals surface area (Å²) < 4.78 is 26.2. The Balaban J connectivity index is 1.73. The van der Waals surface area contributed by atoms with Crippen LogP contribution in [0, 0.1) is 17.6 Å². The van der Waals surface area contributed by atoms with E-state index in [4.69, 9.17) is 23.8 Å². The fourth-order valence-electron chi connectivity index (χ4n) is 1.90. The highest BCUT2D eigenvalue weighted by Crippen LogP contribution is 2.22. The van der Waals surface area contributed by atoms with E-state index in [0.29, 0.717) is 17.6 Å². The molecule has 0 bridgehead atoms. The average molecular weight is 387 g/mol. The Morgan fingerprint density at radius 2 is 1.79 bits per heavy atom. The minimum Gasteiger partial charge on any atom is -0.362 e. The largest absolute Gasteiger partial charge is 0.362 e. The zero-order valence-electron chi connectivity index (χ0n) is 13.0. The van der Waals surface area contributed by atoms with E-state index in [-0.39, 0.29) is 5.69 Å². The quantitative estimate of drug-likeness (QED) is 0.517. The average Bonchev–Trinajstić information content (AvgIpc) is 2.51. The van der Waals surface area contributed by atoms with Crippen LogP contribution in [0.3, 0.4) is 0 Å². The molecular weight excluding hydrogens is 370 g/mol. The molecule has 0 spiro atoms. The molecule has 2 rings (SSSR count). The number of halogens is 3. The molecule has 0 saturated carbocycles. The van der Waals surface area contributed by atoms with E-state index in [1.54, 1.807) is 11.8 Å². The third-order valence-electron chi connectivity index (χ3n) is 3.08. The summed E-state index contributed by atoms with van der Waals surface area (Å²) in [6, 6.07) is 10.9. The number of thioether (sulfide) groups is 1. The molecule has 24 heavy (non-hydrogen) atoms. The van der Waals surface area contributed by atoms with Crippen LogP contribution in [0.1, 0.15) is 6.92 Å². The SMILES string of the molecule is CC(CNC(=S)Nc1cc(F)cc(F)c1)CSc1ccc(Cl)cc1. The van der Waals surface area contributed by atoms with Gasteiger partial charge in [0.2, 0.25) is 0 Å². The molecule has 2 aromatic rings. The van der Waals surface area contributed by atoms with Crippen LogP contribution < -0.4 is 10.6 Å². The van der Waals surface area contributed by atoms with Crippen molar-refractivity contribution in [1.82, 2.24) is 5.32 Å². The van der Waals surface area contributed by atoms with Crippen molar-refractivity contribution in [3.8, 4) is 0 Å². The summed E-state index contributed by atoms with van der Waals surface area (Å²) >= 11 is 12.7. The molecule has 0 amide bonds. The van der Waals surface area contributed by atoms with Crippen LogP contribution in [0.5, 0.6) is 0 Å². The van der Waals surface area contributed by atoms with Gasteiger partial charge in [0.1, 0.15) is 11.6 Å². The first-order chi connectivity index (χ1) is 11.4. The van der Waals surface area contributed by atoms with Crippen LogP contribution in [0.4, 0.5) is 14.5 Å². The molecule has 0 aliphatic rings. The van der Waals surface area contributed by atoms with Gasteiger partial charge in [0.05, 0.1) is 0 Å². The molecule has 0 radical (unpaired) electrons. The predicted molar refractivity (Wildman–Crippen MR) is 102 cm³/mol. The number of anilines is 1. The first-order valence-corrected chi connectivity index (χ1v) is 9.09. The molecular formula is C17H17ClF2N2S2. The van der Waals surface area contributed by atoms with Crippen LogP contribution in [-0.2, 0) is 0 Å². The van der Waals surface area contributed by atoms with E-state index in [0.717, 1.165) is 21.7 Å². The topological polar surface area (TPSA) is 24.1 Å². The molecule has 2 N–H and O–H groups in total. The molecule has 0 aromatic heterocycles. The van der Waals surface area contributed by atoms with Crippen LogP contribution in [0.15, 0.2) is 47.4 Å². The van der Waals surface area contributed by atoms with Gasteiger partial charge in [0.25, 0.3) is 0 Å². The third kappa shape index (κ3) is 6.63. The fraction of sp³-hybridized carbons (Fsp3) is 0.235. The highest BCUT2D eigenvalue weighted by molar-refractivity contribution is 7.99. The number of benzene rings is 2. The molecule has 1 atom stereocenters. The Morgan fingerprint density at radius 3 is 2.42 bits per heavy atom. The molecule has 0 saturated heterocycles. The minimum atomic E-state index is -0.645. The van der Waals surface area contributed by atoms with Gasteiger partial charge in [-0.15, -0.1) is 11.8 Å². The Bertz CT molecular complexity index is 675. The van der Waals surface area contributed by atoms with Crippen molar-refractivity contribution in [3.63, 3.8) is 0 Å². The number of rotatable bonds is 6. The summed E-state index contributed by atoms with van der Waals surface area (Å²) in [7, 11) is 0. The molecule has 2 nitrogen and oxygen atoms in total. The monoisotopic (exact) mass is 386 g/mol. The number of thiocarbonyl (C=S) groups is 1. The second-order valence-electron chi connectivity index (χ2n) is 5.36. The maximum Gasteiger partial charge on any atom is 0.170 e. The summed E-state index contributed by atoms with van der Waals surface area (Å²) in [5.41, 5.74) is 0.285. The van der Waals surface area contributed by atoms with E-state index in [1.165, 1.54) is 12.1 Å². The van der Waals surface area contributed by atoms with Crippen LogP contribution in [0.25, 0.3) is 0 Å². The van der Waals surface area contributed by atoms with Gasteiger partial charge in [-0.05, 0) is 54.5 Å². The first kappa shape index (κ1) is 19.0. The standard InChI is InChI=1S/C17H17ClF2N2S2/c1-11(10-24-16-4-2-12(18)3-5-16)9-21-17(23)22-15-7-13(19)6-14(20)8-15/h2-8,11H,9-10H2,1H3,(H2,21,22,23). The normalized spacial score (nSPS) is 11.8. The van der Waals surface area contributed by atoms with Crippen molar-refractivity contribution < 1.29 is 8.78 Å². The zero-order valence-corrected chi connectivity index (χ0v) is 15.4. The molecule has 0 aliphatic heterocycles. The number of nitrogens with one attached hydrogen (secondary N) is 2. The lowest BCUT2D eigenvalue weighted by Crippen LogP contribution is -2.32. The molecule has 0 fully saturated rings. The summed E-state index contributed by atoms with van der Waals surface area (Å²) in [4.78, 5) is 1.15. The van der Waals surface area contributed by atoms with Gasteiger partial charge in [-0.25, -0.2) is 8.78 Å². The van der Waals surface area contributed by atoms with Gasteiger partial charge < -0.3 is 10.6 Å². The van der Waals surface area contributed by atoms with E-state index in [9.17, 15) is 8.78 Å². The van der Waals surface area contributed by atoms with Crippen molar-refractivity contribution in [2.75, 3.05) is 17.6 Å². The van der Waals surface area contributed by atoms with E-state index >= 15 is 0 Å². The summed E-state index contributed by atoms with van der Waals surface area (Å²) in [5, 5.41) is 6.89. The molecule has 2 aromatic carbocycles. The minimum absolute atomic E-state index is 0.285. The predicted octanol–water partition coefficient (Wildman–Crippen LogP) is 5.33. The van der Waals surface area contributed by atoms with Crippen molar-refractivity contribution in [1.29, 1.82) is 0 Å². The highest BCUT2D eigenvalue weighted by atomic mass is 35.5. The van der Waals surface area contributed by atoms with Crippen LogP contribution in [-0.4, -0.2) is 17.4 Å². The van der Waals surface area contributed by atoms with Gasteiger partial charge in [0, 0.05) is 34.0 Å². The third-order valence-corrected chi connectivity index (χ3v) is 4.92. The maximum atomic E-state index is 13.1. The van der Waals surface area contributed by atoms with Crippen molar-refractivity contribution in [2.45, 2.75) is 11.8 Å². The lowest BCUT2D eigenvalue weighted by Gasteiger charge is -2.15. The molecule has 0 heterocycles. The Morgan fingerprint density at radius 1 is 1.17 bits per heavy atom. The lowest BCUT2D eigenvalue weighted by atomic mass is 10.2. The molecule has 1 unspecified atom stereocenters. The van der Waals surface area contributed by atoms with E-state index in [1.807, 2.05) is 24.3 Å². The Kier molecular flexibility index (Phi) is 7.27. The highest BCUT2D eigenvalue weighted by Gasteiger charge is 2.06. The van der Waals surface area contributed by atoms with Crippen LogP contribution >= 0.6 is 35.6 Å². The maximum absolute atomic E-state index is 13.1. The van der Waals surface area contributed by atoms with Gasteiger partial charge in [0.15, 0.2) is 5.11 Å². The number of hydrogen-bond acceptors (Lipinski definition) is 2. The summed E-state index contributed by atoms with van der Waals surface area (Å²) in [6.07, 6.45) is 0. The van der Waals surface area contributed by atoms with E-state index < -0.39 is 11.6 Å². The number of hydrogen-bond donors (Lipinski definition) is 2. The molecule has 7 heteroatoms. The first-order valence-electron chi connectivity index (χ1n) is 7.31. The van der Waals surface area contributed by atoms with Crippen molar-refractivity contribution in [3.05, 3.63) is 59.1 Å². The fourth-order valence-corrected chi connectivity index (χ4v) is 3.15. The van der Waals surface area contributed by atoms with Crippen LogP contribution in [0.2, 0.25) is 5.02 Å². The summed E-state index contributed by atoms with van der Waals surface area (Å²) in [6.45, 7) is 2.75. The second-order valence-corrected chi connectivity index (χ2v) is 7.30. The Labute approximate surface area is 155 Å². The van der Waals surface area contributed by atoms with Gasteiger partial charge in [-0.2, -0.15) is 0 Å². The zero-order chi connectivity index (χ0) is 17.5. The molecule has 128 valence electrons. The van der Waals surface area contributed by atoms with Gasteiger partial charge in [-0.3, -0.25) is 0 Å². The summed E-state index contributed by atoms with van der Waals surface area (Å²) in [5.74, 6) is -0.0259. The smallest absolute Gasteiger partial charge is 0.170 e. The van der Waals surface area contributed by atoms with Gasteiger partial charge >= 0.3 is 0 Å². The molecule has 0 aliphatic carbocycles. The van der Waals surface area contributed by atoms with Crippen molar-refractivity contribution >= 4 is 46.4 Å². The van der Waals surface area contributed by atoms with Gasteiger partial charge in [-0.1, -0.05) is 18.5 Å². The van der Waals surface area contributed by atoms with E-state index in [2.05, 4.69) is 17.6 Å².